The molecule has 0 amide bonds. The van der Waals surface area contributed by atoms with E-state index in [1.807, 2.05) is 0 Å². The summed E-state index contributed by atoms with van der Waals surface area (Å²) >= 11 is 0. The van der Waals surface area contributed by atoms with Crippen LogP contribution in [0.15, 0.2) is 18.2 Å². The van der Waals surface area contributed by atoms with Crippen molar-refractivity contribution in [2.24, 2.45) is 5.73 Å². The van der Waals surface area contributed by atoms with Gasteiger partial charge in [-0.15, -0.1) is 0 Å². The summed E-state index contributed by atoms with van der Waals surface area (Å²) in [6, 6.07) is 4.54. The van der Waals surface area contributed by atoms with E-state index in [1.54, 1.807) is 12.1 Å². The van der Waals surface area contributed by atoms with Gasteiger partial charge in [-0.3, -0.25) is 0 Å². The van der Waals surface area contributed by atoms with Crippen molar-refractivity contribution in [3.63, 3.8) is 0 Å². The Morgan fingerprint density at radius 2 is 2.05 bits per heavy atom. The van der Waals surface area contributed by atoms with E-state index in [9.17, 15) is 12.8 Å². The summed E-state index contributed by atoms with van der Waals surface area (Å²) in [5, 5.41) is 0. The number of hydrogen-bond donors (Lipinski definition) is 2. The first-order valence-electron chi connectivity index (χ1n) is 6.33. The molecule has 1 fully saturated rings. The lowest BCUT2D eigenvalue weighted by Crippen LogP contribution is -2.46. The zero-order chi connectivity index (χ0) is 14.6. The molecular weight excluding hydrogens is 285 g/mol. The molecule has 0 saturated carbocycles. The normalized spacial score (nSPS) is 17.3. The van der Waals surface area contributed by atoms with E-state index in [0.717, 1.165) is 0 Å². The number of nitrogens with one attached hydrogen (secondary N) is 1. The first-order valence-corrected chi connectivity index (χ1v) is 7.77. The summed E-state index contributed by atoms with van der Waals surface area (Å²) in [5.41, 5.74) is 6.37. The number of morpholine rings is 1. The average Bonchev–Trinajstić information content (AvgIpc) is 2.47. The molecule has 0 atom stereocenters. The van der Waals surface area contributed by atoms with Crippen molar-refractivity contribution in [1.82, 2.24) is 9.03 Å². The molecular formula is C12H18FN3O3S. The lowest BCUT2D eigenvalue weighted by atomic mass is 10.1. The Bertz CT molecular complexity index is 559. The highest BCUT2D eigenvalue weighted by Crippen LogP contribution is 2.11. The maximum Gasteiger partial charge on any atom is 0.279 e. The summed E-state index contributed by atoms with van der Waals surface area (Å²) in [5.74, 6) is -0.461. The van der Waals surface area contributed by atoms with E-state index in [-0.39, 0.29) is 13.1 Å². The summed E-state index contributed by atoms with van der Waals surface area (Å²) in [7, 11) is -3.60. The van der Waals surface area contributed by atoms with E-state index in [0.29, 0.717) is 37.4 Å². The Labute approximate surface area is 117 Å². The van der Waals surface area contributed by atoms with Gasteiger partial charge >= 0.3 is 0 Å². The van der Waals surface area contributed by atoms with E-state index in [2.05, 4.69) is 4.72 Å². The van der Waals surface area contributed by atoms with Crippen molar-refractivity contribution < 1.29 is 17.5 Å². The zero-order valence-electron chi connectivity index (χ0n) is 11.0. The molecule has 0 bridgehead atoms. The summed E-state index contributed by atoms with van der Waals surface area (Å²) in [6.07, 6.45) is 0. The molecule has 1 aliphatic rings. The van der Waals surface area contributed by atoms with Gasteiger partial charge in [0.25, 0.3) is 10.2 Å². The monoisotopic (exact) mass is 303 g/mol. The molecule has 0 aliphatic carbocycles. The lowest BCUT2D eigenvalue weighted by Gasteiger charge is -2.26. The molecule has 1 heterocycles. The Morgan fingerprint density at radius 3 is 2.65 bits per heavy atom. The minimum Gasteiger partial charge on any atom is -0.379 e. The largest absolute Gasteiger partial charge is 0.379 e. The van der Waals surface area contributed by atoms with E-state index in [1.165, 1.54) is 10.4 Å². The highest BCUT2D eigenvalue weighted by Gasteiger charge is 2.23. The highest BCUT2D eigenvalue weighted by molar-refractivity contribution is 7.87. The first kappa shape index (κ1) is 15.3. The number of nitrogens with two attached hydrogens (primary N) is 1. The van der Waals surface area contributed by atoms with Crippen LogP contribution in [0, 0.1) is 5.82 Å². The SMILES string of the molecule is NCc1ccc(CNS(=O)(=O)N2CCOCC2)c(F)c1. The molecule has 0 radical (unpaired) electrons. The molecule has 20 heavy (non-hydrogen) atoms. The van der Waals surface area contributed by atoms with Crippen molar-refractivity contribution >= 4 is 10.2 Å². The van der Waals surface area contributed by atoms with Gasteiger partial charge in [-0.25, -0.2) is 4.39 Å². The third-order valence-electron chi connectivity index (χ3n) is 3.11. The smallest absolute Gasteiger partial charge is 0.279 e. The zero-order valence-corrected chi connectivity index (χ0v) is 11.8. The van der Waals surface area contributed by atoms with Crippen LogP contribution in [-0.4, -0.2) is 39.0 Å². The van der Waals surface area contributed by atoms with Crippen LogP contribution in [0.5, 0.6) is 0 Å². The fourth-order valence-corrected chi connectivity index (χ4v) is 3.06. The van der Waals surface area contributed by atoms with E-state index in [4.69, 9.17) is 10.5 Å². The minimum absolute atomic E-state index is 0.0869. The molecule has 3 N–H and O–H groups in total. The van der Waals surface area contributed by atoms with Crippen LogP contribution >= 0.6 is 0 Å². The molecule has 2 rings (SSSR count). The first-order chi connectivity index (χ1) is 9.53. The topological polar surface area (TPSA) is 84.7 Å². The maximum absolute atomic E-state index is 13.7. The van der Waals surface area contributed by atoms with Gasteiger partial charge in [0, 0.05) is 31.7 Å². The number of ether oxygens (including phenoxy) is 1. The van der Waals surface area contributed by atoms with Crippen molar-refractivity contribution in [3.8, 4) is 0 Å². The molecule has 0 aromatic heterocycles. The molecule has 112 valence electrons. The van der Waals surface area contributed by atoms with Crippen molar-refractivity contribution in [1.29, 1.82) is 0 Å². The summed E-state index contributed by atoms with van der Waals surface area (Å²) in [6.45, 7) is 1.53. The van der Waals surface area contributed by atoms with Gasteiger partial charge in [-0.2, -0.15) is 17.4 Å². The van der Waals surface area contributed by atoms with Gasteiger partial charge in [0.2, 0.25) is 0 Å². The average molecular weight is 303 g/mol. The van der Waals surface area contributed by atoms with Crippen LogP contribution in [0.2, 0.25) is 0 Å². The number of halogens is 1. The molecule has 6 nitrogen and oxygen atoms in total. The lowest BCUT2D eigenvalue weighted by molar-refractivity contribution is 0.0724. The number of nitrogens with zero attached hydrogens (tertiary/aromatic N) is 1. The molecule has 8 heteroatoms. The van der Waals surface area contributed by atoms with Gasteiger partial charge < -0.3 is 10.5 Å². The summed E-state index contributed by atoms with van der Waals surface area (Å²) in [4.78, 5) is 0. The quantitative estimate of drug-likeness (QED) is 0.799. The van der Waals surface area contributed by atoms with Crippen molar-refractivity contribution in [2.75, 3.05) is 26.3 Å². The molecule has 1 aromatic carbocycles. The van der Waals surface area contributed by atoms with E-state index < -0.39 is 16.0 Å². The number of benzene rings is 1. The fraction of sp³-hybridized carbons (Fsp3) is 0.500. The second kappa shape index (κ2) is 6.59. The van der Waals surface area contributed by atoms with Gasteiger partial charge in [0.15, 0.2) is 0 Å². The summed E-state index contributed by atoms with van der Waals surface area (Å²) < 4.78 is 46.5. The van der Waals surface area contributed by atoms with Gasteiger partial charge in [-0.1, -0.05) is 12.1 Å². The van der Waals surface area contributed by atoms with Crippen molar-refractivity contribution in [3.05, 3.63) is 35.1 Å². The molecule has 0 spiro atoms. The molecule has 1 aromatic rings. The predicted octanol–water partition coefficient (Wildman–Crippen LogP) is -0.0490. The van der Waals surface area contributed by atoms with Crippen LogP contribution in [0.3, 0.4) is 0 Å². The van der Waals surface area contributed by atoms with Gasteiger partial charge in [0.05, 0.1) is 13.2 Å². The molecule has 1 aliphatic heterocycles. The van der Waals surface area contributed by atoms with Crippen LogP contribution in [0.4, 0.5) is 4.39 Å². The second-order valence-electron chi connectivity index (χ2n) is 4.47. The second-order valence-corrected chi connectivity index (χ2v) is 6.22. The fourth-order valence-electron chi connectivity index (χ4n) is 1.91. The van der Waals surface area contributed by atoms with Crippen LogP contribution in [0.1, 0.15) is 11.1 Å². The van der Waals surface area contributed by atoms with Crippen LogP contribution < -0.4 is 10.5 Å². The Balaban J connectivity index is 2.00. The third kappa shape index (κ3) is 3.74. The third-order valence-corrected chi connectivity index (χ3v) is 4.66. The standard InChI is InChI=1S/C12H18FN3O3S/c13-12-7-10(8-14)1-2-11(12)9-15-20(17,18)16-3-5-19-6-4-16/h1-2,7,15H,3-6,8-9,14H2. The molecule has 1 saturated heterocycles. The number of hydrogen-bond acceptors (Lipinski definition) is 4. The van der Waals surface area contributed by atoms with Crippen LogP contribution in [0.25, 0.3) is 0 Å². The number of rotatable bonds is 5. The maximum atomic E-state index is 13.7. The van der Waals surface area contributed by atoms with Gasteiger partial charge in [0.1, 0.15) is 5.82 Å². The minimum atomic E-state index is -3.60. The van der Waals surface area contributed by atoms with E-state index >= 15 is 0 Å². The Hall–Kier alpha value is -1.06. The van der Waals surface area contributed by atoms with Gasteiger partial charge in [-0.05, 0) is 11.6 Å². The highest BCUT2D eigenvalue weighted by atomic mass is 32.2. The van der Waals surface area contributed by atoms with Crippen LogP contribution in [-0.2, 0) is 28.0 Å². The predicted molar refractivity (Wildman–Crippen MR) is 72.4 cm³/mol. The Morgan fingerprint density at radius 1 is 1.35 bits per heavy atom. The Kier molecular flexibility index (Phi) is 5.06. The van der Waals surface area contributed by atoms with Crippen molar-refractivity contribution in [2.45, 2.75) is 13.1 Å². The molecule has 0 unspecified atom stereocenters.